The zero-order chi connectivity index (χ0) is 17.1. The van der Waals surface area contributed by atoms with Crippen LogP contribution in [0.2, 0.25) is 5.15 Å². The SMILES string of the molecule is Clc1nccc2cc(Br)cnc12.Nc1nccc2cc(Br)cnc12. The Balaban J connectivity index is 0.000000141. The zero-order valence-electron chi connectivity index (χ0n) is 12.1. The molecule has 0 aliphatic carbocycles. The summed E-state index contributed by atoms with van der Waals surface area (Å²) in [7, 11) is 0. The minimum absolute atomic E-state index is 0.444. The number of aromatic nitrogens is 4. The van der Waals surface area contributed by atoms with Crippen molar-refractivity contribution in [3.8, 4) is 0 Å². The van der Waals surface area contributed by atoms with Gasteiger partial charge >= 0.3 is 0 Å². The fraction of sp³-hybridized carbons (Fsp3) is 0. The van der Waals surface area contributed by atoms with Crippen LogP contribution in [0.15, 0.2) is 58.0 Å². The first-order chi connectivity index (χ1) is 11.5. The van der Waals surface area contributed by atoms with Crippen molar-refractivity contribution >= 4 is 71.1 Å². The van der Waals surface area contributed by atoms with Gasteiger partial charge in [0.25, 0.3) is 0 Å². The minimum atomic E-state index is 0.444. The van der Waals surface area contributed by atoms with Crippen LogP contribution in [0, 0.1) is 0 Å². The molecule has 120 valence electrons. The summed E-state index contributed by atoms with van der Waals surface area (Å²) < 4.78 is 1.89. The fourth-order valence-electron chi connectivity index (χ4n) is 2.05. The van der Waals surface area contributed by atoms with Gasteiger partial charge in [0.1, 0.15) is 16.9 Å². The van der Waals surface area contributed by atoms with Gasteiger partial charge in [-0.1, -0.05) is 11.6 Å². The largest absolute Gasteiger partial charge is 0.382 e. The highest BCUT2D eigenvalue weighted by molar-refractivity contribution is 9.10. The third kappa shape index (κ3) is 3.80. The number of rotatable bonds is 0. The second-order valence-electron chi connectivity index (χ2n) is 4.75. The van der Waals surface area contributed by atoms with Crippen molar-refractivity contribution < 1.29 is 0 Å². The van der Waals surface area contributed by atoms with Gasteiger partial charge in [0, 0.05) is 44.5 Å². The molecule has 0 atom stereocenters. The van der Waals surface area contributed by atoms with Crippen LogP contribution in [0.3, 0.4) is 0 Å². The molecule has 8 heteroatoms. The highest BCUT2D eigenvalue weighted by Crippen LogP contribution is 2.21. The number of hydrogen-bond donors (Lipinski definition) is 1. The topological polar surface area (TPSA) is 77.6 Å². The Morgan fingerprint density at radius 2 is 1.33 bits per heavy atom. The quantitative estimate of drug-likeness (QED) is 0.368. The van der Waals surface area contributed by atoms with Gasteiger partial charge in [-0.2, -0.15) is 0 Å². The van der Waals surface area contributed by atoms with Gasteiger partial charge in [-0.15, -0.1) is 0 Å². The van der Waals surface area contributed by atoms with Crippen molar-refractivity contribution in [1.29, 1.82) is 0 Å². The monoisotopic (exact) mass is 465 g/mol. The van der Waals surface area contributed by atoms with Gasteiger partial charge in [0.05, 0.1) is 0 Å². The first kappa shape index (κ1) is 17.0. The van der Waals surface area contributed by atoms with Crippen LogP contribution in [-0.2, 0) is 0 Å². The van der Waals surface area contributed by atoms with Crippen LogP contribution in [0.25, 0.3) is 21.8 Å². The molecule has 2 N–H and O–H groups in total. The van der Waals surface area contributed by atoms with Gasteiger partial charge in [0.15, 0.2) is 5.15 Å². The van der Waals surface area contributed by atoms with Crippen LogP contribution >= 0.6 is 43.5 Å². The number of fused-ring (bicyclic) bond motifs is 2. The molecular weight excluding hydrogens is 457 g/mol. The second-order valence-corrected chi connectivity index (χ2v) is 6.94. The minimum Gasteiger partial charge on any atom is -0.382 e. The Kier molecular flexibility index (Phi) is 5.23. The number of halogens is 3. The lowest BCUT2D eigenvalue weighted by atomic mass is 10.2. The zero-order valence-corrected chi connectivity index (χ0v) is 16.0. The van der Waals surface area contributed by atoms with Gasteiger partial charge in [0.2, 0.25) is 0 Å². The van der Waals surface area contributed by atoms with E-state index < -0.39 is 0 Å². The van der Waals surface area contributed by atoms with Gasteiger partial charge in [-0.05, 0) is 56.1 Å². The van der Waals surface area contributed by atoms with E-state index in [9.17, 15) is 0 Å². The Morgan fingerprint density at radius 1 is 0.792 bits per heavy atom. The van der Waals surface area contributed by atoms with Crippen molar-refractivity contribution in [2.24, 2.45) is 0 Å². The van der Waals surface area contributed by atoms with Crippen LogP contribution in [0.1, 0.15) is 0 Å². The lowest BCUT2D eigenvalue weighted by molar-refractivity contribution is 1.30. The summed E-state index contributed by atoms with van der Waals surface area (Å²) in [4.78, 5) is 16.1. The van der Waals surface area contributed by atoms with E-state index in [4.69, 9.17) is 17.3 Å². The van der Waals surface area contributed by atoms with E-state index in [-0.39, 0.29) is 0 Å². The summed E-state index contributed by atoms with van der Waals surface area (Å²) in [5.74, 6) is 0.472. The van der Waals surface area contributed by atoms with Crippen LogP contribution in [0.5, 0.6) is 0 Å². The standard InChI is InChI=1S/C8H4BrClN2.C8H6BrN3/c2*9-6-3-5-1-2-11-8(10)7(5)12-4-6/h1-4H;1-4H,(H2,10,11). The molecule has 0 amide bonds. The van der Waals surface area contributed by atoms with E-state index in [1.807, 2.05) is 24.3 Å². The molecule has 5 nitrogen and oxygen atoms in total. The number of nitrogen functional groups attached to an aromatic ring is 1. The maximum atomic E-state index is 5.82. The Bertz CT molecular complexity index is 942. The summed E-state index contributed by atoms with van der Waals surface area (Å²) in [6.07, 6.45) is 6.75. The third-order valence-electron chi connectivity index (χ3n) is 3.12. The van der Waals surface area contributed by atoms with E-state index in [0.29, 0.717) is 11.0 Å². The Morgan fingerprint density at radius 3 is 2.00 bits per heavy atom. The maximum Gasteiger partial charge on any atom is 0.155 e. The van der Waals surface area contributed by atoms with Crippen molar-refractivity contribution in [3.63, 3.8) is 0 Å². The first-order valence-electron chi connectivity index (χ1n) is 6.76. The molecule has 0 bridgehead atoms. The molecule has 0 aliphatic heterocycles. The number of anilines is 1. The number of hydrogen-bond acceptors (Lipinski definition) is 5. The van der Waals surface area contributed by atoms with Crippen LogP contribution in [-0.4, -0.2) is 19.9 Å². The predicted octanol–water partition coefficient (Wildman–Crippen LogP) is 5.02. The summed E-state index contributed by atoms with van der Waals surface area (Å²) in [6, 6.07) is 7.67. The van der Waals surface area contributed by atoms with E-state index >= 15 is 0 Å². The number of nitrogens with two attached hydrogens (primary N) is 1. The van der Waals surface area contributed by atoms with Gasteiger partial charge in [-0.25, -0.2) is 9.97 Å². The molecule has 0 spiro atoms. The Hall–Kier alpha value is -1.83. The van der Waals surface area contributed by atoms with Crippen molar-refractivity contribution in [2.75, 3.05) is 5.73 Å². The summed E-state index contributed by atoms with van der Waals surface area (Å²) in [5, 5.41) is 2.43. The summed E-state index contributed by atoms with van der Waals surface area (Å²) in [6.45, 7) is 0. The summed E-state index contributed by atoms with van der Waals surface area (Å²) >= 11 is 12.5. The molecule has 0 unspecified atom stereocenters. The highest BCUT2D eigenvalue weighted by atomic mass is 79.9. The first-order valence-corrected chi connectivity index (χ1v) is 8.72. The Labute approximate surface area is 159 Å². The van der Waals surface area contributed by atoms with Gasteiger partial charge < -0.3 is 5.73 Å². The average molecular weight is 468 g/mol. The highest BCUT2D eigenvalue weighted by Gasteiger charge is 2.00. The molecule has 24 heavy (non-hydrogen) atoms. The molecule has 4 aromatic rings. The van der Waals surface area contributed by atoms with Crippen molar-refractivity contribution in [3.05, 3.63) is 63.2 Å². The average Bonchev–Trinajstić information content (AvgIpc) is 2.55. The van der Waals surface area contributed by atoms with Crippen molar-refractivity contribution in [1.82, 2.24) is 19.9 Å². The smallest absolute Gasteiger partial charge is 0.155 e. The molecule has 4 aromatic heterocycles. The molecule has 0 radical (unpaired) electrons. The van der Waals surface area contributed by atoms with Gasteiger partial charge in [-0.3, -0.25) is 9.97 Å². The van der Waals surface area contributed by atoms with Crippen LogP contribution < -0.4 is 5.73 Å². The van der Waals surface area contributed by atoms with E-state index in [2.05, 4.69) is 51.8 Å². The van der Waals surface area contributed by atoms with E-state index in [0.717, 1.165) is 30.8 Å². The molecule has 0 saturated heterocycles. The molecule has 4 rings (SSSR count). The van der Waals surface area contributed by atoms with Crippen molar-refractivity contribution in [2.45, 2.75) is 0 Å². The van der Waals surface area contributed by atoms with E-state index in [1.165, 1.54) is 0 Å². The molecule has 0 fully saturated rings. The second kappa shape index (κ2) is 7.38. The normalized spacial score (nSPS) is 10.5. The fourth-order valence-corrected chi connectivity index (χ4v) is 2.97. The maximum absolute atomic E-state index is 5.82. The lowest BCUT2D eigenvalue weighted by Gasteiger charge is -1.98. The molecule has 4 heterocycles. The molecular formula is C16H10Br2ClN5. The molecule has 0 aromatic carbocycles. The lowest BCUT2D eigenvalue weighted by Crippen LogP contribution is -1.92. The number of nitrogens with zero attached hydrogens (tertiary/aromatic N) is 4. The predicted molar refractivity (Wildman–Crippen MR) is 104 cm³/mol. The third-order valence-corrected chi connectivity index (χ3v) is 4.26. The summed E-state index contributed by atoms with van der Waals surface area (Å²) in [5.41, 5.74) is 7.11. The van der Waals surface area contributed by atoms with Crippen LogP contribution in [0.4, 0.5) is 5.82 Å². The molecule has 0 saturated carbocycles. The molecule has 0 aliphatic rings. The van der Waals surface area contributed by atoms with E-state index in [1.54, 1.807) is 24.8 Å². The number of pyridine rings is 4.